The van der Waals surface area contributed by atoms with E-state index >= 15 is 0 Å². The molecule has 0 unspecified atom stereocenters. The van der Waals surface area contributed by atoms with Crippen molar-refractivity contribution in [2.75, 3.05) is 16.8 Å². The van der Waals surface area contributed by atoms with Crippen LogP contribution in [0.1, 0.15) is 12.0 Å². The Bertz CT molecular complexity index is 640. The highest BCUT2D eigenvalue weighted by atomic mass is 32.1. The van der Waals surface area contributed by atoms with E-state index in [1.807, 2.05) is 24.3 Å². The number of carbonyl (C=O) groups excluding carboxylic acids is 2. The summed E-state index contributed by atoms with van der Waals surface area (Å²) >= 11 is 1.35. The maximum atomic E-state index is 12.0. The summed E-state index contributed by atoms with van der Waals surface area (Å²) in [4.78, 5) is 29.6. The first-order valence-electron chi connectivity index (χ1n) is 6.31. The largest absolute Gasteiger partial charge is 0.303 e. The Hall–Kier alpha value is -2.21. The number of aromatic nitrogens is 1. The van der Waals surface area contributed by atoms with E-state index in [1.54, 1.807) is 16.5 Å². The third-order valence-corrected chi connectivity index (χ3v) is 3.86. The standard InChI is InChI=1S/C14H13N3O2S/c18-12(16-14-15-7-8-20-14)9-17-11-4-2-1-3-10(11)5-6-13(17)19/h1-4,7-8H,5-6,9H2,(H,15,16,18). The van der Waals surface area contributed by atoms with Gasteiger partial charge in [0.1, 0.15) is 6.54 Å². The number of benzene rings is 1. The molecule has 0 saturated heterocycles. The van der Waals surface area contributed by atoms with Gasteiger partial charge in [-0.1, -0.05) is 18.2 Å². The van der Waals surface area contributed by atoms with Crippen molar-refractivity contribution in [2.24, 2.45) is 0 Å². The number of rotatable bonds is 3. The SMILES string of the molecule is O=C(CN1C(=O)CCc2ccccc21)Nc1nccs1. The number of thiazole rings is 1. The predicted octanol–water partition coefficient (Wildman–Crippen LogP) is 2.06. The van der Waals surface area contributed by atoms with Crippen LogP contribution in [0.4, 0.5) is 10.8 Å². The van der Waals surface area contributed by atoms with Crippen molar-refractivity contribution < 1.29 is 9.59 Å². The lowest BCUT2D eigenvalue weighted by Gasteiger charge is -2.28. The summed E-state index contributed by atoms with van der Waals surface area (Å²) in [7, 11) is 0. The Kier molecular flexibility index (Phi) is 3.47. The minimum absolute atomic E-state index is 0.0158. The molecule has 0 radical (unpaired) electrons. The van der Waals surface area contributed by atoms with Gasteiger partial charge in [-0.15, -0.1) is 11.3 Å². The van der Waals surface area contributed by atoms with E-state index in [-0.39, 0.29) is 18.4 Å². The average Bonchev–Trinajstić information content (AvgIpc) is 2.95. The second-order valence-corrected chi connectivity index (χ2v) is 5.39. The van der Waals surface area contributed by atoms with Crippen molar-refractivity contribution >= 4 is 34.0 Å². The van der Waals surface area contributed by atoms with Crippen molar-refractivity contribution in [3.05, 3.63) is 41.4 Å². The molecule has 1 aliphatic rings. The van der Waals surface area contributed by atoms with E-state index in [4.69, 9.17) is 0 Å². The summed E-state index contributed by atoms with van der Waals surface area (Å²) in [6.07, 6.45) is 2.81. The fraction of sp³-hybridized carbons (Fsp3) is 0.214. The van der Waals surface area contributed by atoms with E-state index in [0.29, 0.717) is 11.6 Å². The van der Waals surface area contributed by atoms with Crippen molar-refractivity contribution in [1.29, 1.82) is 0 Å². The number of hydrogen-bond donors (Lipinski definition) is 1. The molecule has 5 nitrogen and oxygen atoms in total. The Morgan fingerprint density at radius 3 is 3.00 bits per heavy atom. The van der Waals surface area contributed by atoms with Crippen LogP contribution in [0.3, 0.4) is 0 Å². The predicted molar refractivity (Wildman–Crippen MR) is 77.9 cm³/mol. The Balaban J connectivity index is 1.76. The molecule has 6 heteroatoms. The smallest absolute Gasteiger partial charge is 0.246 e. The number of para-hydroxylation sites is 1. The zero-order valence-corrected chi connectivity index (χ0v) is 11.5. The Labute approximate surface area is 120 Å². The van der Waals surface area contributed by atoms with Gasteiger partial charge in [-0.25, -0.2) is 4.98 Å². The first-order chi connectivity index (χ1) is 9.74. The van der Waals surface area contributed by atoms with Gasteiger partial charge in [-0.3, -0.25) is 9.59 Å². The molecule has 1 N–H and O–H groups in total. The summed E-state index contributed by atoms with van der Waals surface area (Å²) in [6.45, 7) is 0.0232. The van der Waals surface area contributed by atoms with E-state index in [2.05, 4.69) is 10.3 Å². The van der Waals surface area contributed by atoms with Gasteiger partial charge in [-0.2, -0.15) is 0 Å². The van der Waals surface area contributed by atoms with Crippen molar-refractivity contribution in [1.82, 2.24) is 4.98 Å². The van der Waals surface area contributed by atoms with Crippen LogP contribution in [0.25, 0.3) is 0 Å². The molecule has 0 atom stereocenters. The Morgan fingerprint density at radius 2 is 2.20 bits per heavy atom. The molecule has 102 valence electrons. The van der Waals surface area contributed by atoms with Crippen LogP contribution < -0.4 is 10.2 Å². The number of hydrogen-bond acceptors (Lipinski definition) is 4. The number of carbonyl (C=O) groups is 2. The van der Waals surface area contributed by atoms with Crippen molar-refractivity contribution in [3.63, 3.8) is 0 Å². The molecule has 20 heavy (non-hydrogen) atoms. The number of nitrogens with zero attached hydrogens (tertiary/aromatic N) is 2. The number of fused-ring (bicyclic) bond motifs is 1. The molecule has 3 rings (SSSR count). The van der Waals surface area contributed by atoms with Crippen molar-refractivity contribution in [3.8, 4) is 0 Å². The monoisotopic (exact) mass is 287 g/mol. The Morgan fingerprint density at radius 1 is 1.35 bits per heavy atom. The van der Waals surface area contributed by atoms with E-state index in [9.17, 15) is 9.59 Å². The van der Waals surface area contributed by atoms with E-state index in [0.717, 1.165) is 17.7 Å². The van der Waals surface area contributed by atoms with Gasteiger partial charge in [0.2, 0.25) is 11.8 Å². The van der Waals surface area contributed by atoms with Gasteiger partial charge in [0.25, 0.3) is 0 Å². The van der Waals surface area contributed by atoms with Crippen LogP contribution in [0.2, 0.25) is 0 Å². The minimum atomic E-state index is -0.231. The van der Waals surface area contributed by atoms with Crippen LogP contribution >= 0.6 is 11.3 Å². The van der Waals surface area contributed by atoms with Crippen LogP contribution in [0, 0.1) is 0 Å². The number of aryl methyl sites for hydroxylation is 1. The zero-order chi connectivity index (χ0) is 13.9. The van der Waals surface area contributed by atoms with Gasteiger partial charge in [0, 0.05) is 23.7 Å². The molecule has 2 heterocycles. The lowest BCUT2D eigenvalue weighted by molar-refractivity contribution is -0.121. The van der Waals surface area contributed by atoms with Crippen LogP contribution in [0.5, 0.6) is 0 Å². The van der Waals surface area contributed by atoms with Crippen LogP contribution in [0.15, 0.2) is 35.8 Å². The molecule has 0 spiro atoms. The molecular weight excluding hydrogens is 274 g/mol. The fourth-order valence-corrected chi connectivity index (χ4v) is 2.80. The van der Waals surface area contributed by atoms with E-state index in [1.165, 1.54) is 11.3 Å². The topological polar surface area (TPSA) is 62.3 Å². The second kappa shape index (κ2) is 5.42. The normalized spacial score (nSPS) is 14.0. The van der Waals surface area contributed by atoms with Gasteiger partial charge in [0.05, 0.1) is 0 Å². The highest BCUT2D eigenvalue weighted by Gasteiger charge is 2.25. The van der Waals surface area contributed by atoms with Crippen LogP contribution in [-0.2, 0) is 16.0 Å². The molecule has 0 aliphatic carbocycles. The van der Waals surface area contributed by atoms with Gasteiger partial charge in [0.15, 0.2) is 5.13 Å². The average molecular weight is 287 g/mol. The van der Waals surface area contributed by atoms with Crippen molar-refractivity contribution in [2.45, 2.75) is 12.8 Å². The minimum Gasteiger partial charge on any atom is -0.303 e. The van der Waals surface area contributed by atoms with Gasteiger partial charge < -0.3 is 10.2 Å². The molecule has 1 aliphatic heterocycles. The first kappa shape index (κ1) is 12.8. The quantitative estimate of drug-likeness (QED) is 0.940. The van der Waals surface area contributed by atoms with Crippen LogP contribution in [-0.4, -0.2) is 23.3 Å². The summed E-state index contributed by atoms with van der Waals surface area (Å²) in [5.74, 6) is -0.247. The number of amides is 2. The molecule has 0 fully saturated rings. The second-order valence-electron chi connectivity index (χ2n) is 4.49. The summed E-state index contributed by atoms with van der Waals surface area (Å²) < 4.78 is 0. The third kappa shape index (κ3) is 2.55. The van der Waals surface area contributed by atoms with Gasteiger partial charge in [-0.05, 0) is 18.1 Å². The summed E-state index contributed by atoms with van der Waals surface area (Å²) in [5, 5.41) is 5.03. The molecule has 2 amide bonds. The highest BCUT2D eigenvalue weighted by molar-refractivity contribution is 7.13. The zero-order valence-electron chi connectivity index (χ0n) is 10.7. The van der Waals surface area contributed by atoms with Gasteiger partial charge >= 0.3 is 0 Å². The maximum Gasteiger partial charge on any atom is 0.246 e. The fourth-order valence-electron chi connectivity index (χ4n) is 2.26. The molecule has 1 aromatic carbocycles. The van der Waals surface area contributed by atoms with E-state index < -0.39 is 0 Å². The molecule has 2 aromatic rings. The summed E-state index contributed by atoms with van der Waals surface area (Å²) in [5.41, 5.74) is 1.94. The number of anilines is 2. The lowest BCUT2D eigenvalue weighted by Crippen LogP contribution is -2.40. The number of nitrogens with one attached hydrogen (secondary N) is 1. The summed E-state index contributed by atoms with van der Waals surface area (Å²) in [6, 6.07) is 7.70. The molecule has 1 aromatic heterocycles. The lowest BCUT2D eigenvalue weighted by atomic mass is 10.0. The molecule has 0 saturated carbocycles. The molecule has 0 bridgehead atoms. The first-order valence-corrected chi connectivity index (χ1v) is 7.19. The maximum absolute atomic E-state index is 12.0. The highest BCUT2D eigenvalue weighted by Crippen LogP contribution is 2.27. The third-order valence-electron chi connectivity index (χ3n) is 3.17. The molecular formula is C14H13N3O2S.